The van der Waals surface area contributed by atoms with Crippen molar-refractivity contribution in [3.63, 3.8) is 0 Å². The van der Waals surface area contributed by atoms with Gasteiger partial charge in [0.2, 0.25) is 5.91 Å². The van der Waals surface area contributed by atoms with Crippen molar-refractivity contribution >= 4 is 11.9 Å². The molecule has 30 heavy (non-hydrogen) atoms. The number of ether oxygens (including phenoxy) is 1. The smallest absolute Gasteiger partial charge is 0.320 e. The molecule has 0 aromatic heterocycles. The summed E-state index contributed by atoms with van der Waals surface area (Å²) in [6, 6.07) is 10.6. The van der Waals surface area contributed by atoms with Crippen LogP contribution in [0.3, 0.4) is 0 Å². The van der Waals surface area contributed by atoms with Crippen LogP contribution in [0.5, 0.6) is 0 Å². The second-order valence-corrected chi connectivity index (χ2v) is 8.72. The van der Waals surface area contributed by atoms with Crippen molar-refractivity contribution in [2.75, 3.05) is 52.4 Å². The van der Waals surface area contributed by atoms with Crippen LogP contribution in [0.25, 0.3) is 0 Å². The van der Waals surface area contributed by atoms with Crippen LogP contribution >= 0.6 is 0 Å². The number of nitrogens with one attached hydrogen (secondary N) is 1. The molecule has 7 nitrogen and oxygen atoms in total. The number of hydrogen-bond acceptors (Lipinski definition) is 4. The van der Waals surface area contributed by atoms with Crippen molar-refractivity contribution in [1.29, 1.82) is 0 Å². The van der Waals surface area contributed by atoms with Gasteiger partial charge in [-0.25, -0.2) is 4.79 Å². The summed E-state index contributed by atoms with van der Waals surface area (Å²) < 4.78 is 5.88. The van der Waals surface area contributed by atoms with E-state index in [4.69, 9.17) is 4.74 Å². The molecule has 0 aliphatic carbocycles. The van der Waals surface area contributed by atoms with Crippen LogP contribution in [-0.4, -0.2) is 85.2 Å². The number of urea groups is 1. The Morgan fingerprint density at radius 2 is 1.73 bits per heavy atom. The van der Waals surface area contributed by atoms with Crippen LogP contribution in [0, 0.1) is 5.92 Å². The van der Waals surface area contributed by atoms with Crippen molar-refractivity contribution < 1.29 is 14.3 Å². The number of carbonyl (C=O) groups is 2. The van der Waals surface area contributed by atoms with Crippen molar-refractivity contribution in [2.24, 2.45) is 5.92 Å². The predicted molar refractivity (Wildman–Crippen MR) is 115 cm³/mol. The maximum absolute atomic E-state index is 12.8. The number of amides is 3. The van der Waals surface area contributed by atoms with E-state index in [0.29, 0.717) is 19.7 Å². The second-order valence-electron chi connectivity index (χ2n) is 8.72. The van der Waals surface area contributed by atoms with Crippen LogP contribution in [0.15, 0.2) is 30.3 Å². The molecule has 3 heterocycles. The van der Waals surface area contributed by atoms with Crippen molar-refractivity contribution in [3.8, 4) is 0 Å². The van der Waals surface area contributed by atoms with E-state index in [2.05, 4.69) is 34.5 Å². The second kappa shape index (κ2) is 10.3. The lowest BCUT2D eigenvalue weighted by molar-refractivity contribution is -0.127. The van der Waals surface area contributed by atoms with Gasteiger partial charge < -0.3 is 19.9 Å². The van der Waals surface area contributed by atoms with Gasteiger partial charge in [0.25, 0.3) is 0 Å². The summed E-state index contributed by atoms with van der Waals surface area (Å²) in [5.74, 6) is -0.0629. The van der Waals surface area contributed by atoms with Crippen LogP contribution in [0.1, 0.15) is 31.2 Å². The standard InChI is InChI=1S/C23H34N4O3/c28-22(20-9-6-12-27(17-20)23(29)26-10-4-5-11-26)24-15-21-18-25(13-14-30-21)16-19-7-2-1-3-8-19/h1-3,7-8,20-21H,4-6,9-18H2,(H,24,28)/t20-,21+/m1/s1. The third-order valence-electron chi connectivity index (χ3n) is 6.42. The molecule has 0 saturated carbocycles. The maximum Gasteiger partial charge on any atom is 0.320 e. The topological polar surface area (TPSA) is 65.1 Å². The molecule has 7 heteroatoms. The van der Waals surface area contributed by atoms with Gasteiger partial charge in [0.1, 0.15) is 0 Å². The highest BCUT2D eigenvalue weighted by Crippen LogP contribution is 2.20. The van der Waals surface area contributed by atoms with Gasteiger partial charge in [-0.05, 0) is 31.2 Å². The first kappa shape index (κ1) is 21.1. The fourth-order valence-electron chi connectivity index (χ4n) is 4.72. The van der Waals surface area contributed by atoms with E-state index < -0.39 is 0 Å². The molecule has 2 atom stereocenters. The van der Waals surface area contributed by atoms with Gasteiger partial charge in [0, 0.05) is 52.4 Å². The lowest BCUT2D eigenvalue weighted by atomic mass is 9.97. The first-order valence-corrected chi connectivity index (χ1v) is 11.4. The van der Waals surface area contributed by atoms with Crippen LogP contribution in [0.4, 0.5) is 4.79 Å². The summed E-state index contributed by atoms with van der Waals surface area (Å²) >= 11 is 0. The van der Waals surface area contributed by atoms with Gasteiger partial charge in [-0.1, -0.05) is 30.3 Å². The Labute approximate surface area is 179 Å². The van der Waals surface area contributed by atoms with Gasteiger partial charge in [-0.2, -0.15) is 0 Å². The fraction of sp³-hybridized carbons (Fsp3) is 0.652. The molecule has 0 bridgehead atoms. The number of nitrogens with zero attached hydrogens (tertiary/aromatic N) is 3. The van der Waals surface area contributed by atoms with E-state index in [1.807, 2.05) is 15.9 Å². The summed E-state index contributed by atoms with van der Waals surface area (Å²) in [5.41, 5.74) is 1.30. The molecule has 3 saturated heterocycles. The van der Waals surface area contributed by atoms with Crippen molar-refractivity contribution in [2.45, 2.75) is 38.3 Å². The highest BCUT2D eigenvalue weighted by atomic mass is 16.5. The van der Waals surface area contributed by atoms with Crippen LogP contribution in [-0.2, 0) is 16.1 Å². The van der Waals surface area contributed by atoms with Gasteiger partial charge >= 0.3 is 6.03 Å². The van der Waals surface area contributed by atoms with Crippen molar-refractivity contribution in [3.05, 3.63) is 35.9 Å². The first-order valence-electron chi connectivity index (χ1n) is 11.4. The zero-order valence-corrected chi connectivity index (χ0v) is 17.8. The molecular weight excluding hydrogens is 380 g/mol. The van der Waals surface area contributed by atoms with E-state index in [9.17, 15) is 9.59 Å². The minimum Gasteiger partial charge on any atom is -0.374 e. The minimum atomic E-state index is -0.116. The van der Waals surface area contributed by atoms with E-state index in [1.54, 1.807) is 0 Å². The monoisotopic (exact) mass is 414 g/mol. The van der Waals surface area contributed by atoms with E-state index in [-0.39, 0.29) is 24.0 Å². The molecule has 0 radical (unpaired) electrons. The Morgan fingerprint density at radius 1 is 0.967 bits per heavy atom. The van der Waals surface area contributed by atoms with Gasteiger partial charge in [-0.15, -0.1) is 0 Å². The van der Waals surface area contributed by atoms with Gasteiger partial charge in [-0.3, -0.25) is 9.69 Å². The number of hydrogen-bond donors (Lipinski definition) is 1. The molecule has 0 spiro atoms. The average molecular weight is 415 g/mol. The number of piperidine rings is 1. The third-order valence-corrected chi connectivity index (χ3v) is 6.42. The molecule has 3 aliphatic rings. The van der Waals surface area contributed by atoms with Crippen LogP contribution in [0.2, 0.25) is 0 Å². The maximum atomic E-state index is 12.8. The molecule has 3 aliphatic heterocycles. The summed E-state index contributed by atoms with van der Waals surface area (Å²) in [5, 5.41) is 3.09. The molecule has 3 fully saturated rings. The Bertz CT molecular complexity index is 708. The molecule has 1 aromatic carbocycles. The quantitative estimate of drug-likeness (QED) is 0.800. The van der Waals surface area contributed by atoms with E-state index >= 15 is 0 Å². The fourth-order valence-corrected chi connectivity index (χ4v) is 4.72. The minimum absolute atomic E-state index is 0.0114. The summed E-state index contributed by atoms with van der Waals surface area (Å²) in [6.45, 7) is 6.86. The molecule has 1 aromatic rings. The summed E-state index contributed by atoms with van der Waals surface area (Å²) in [4.78, 5) is 31.6. The molecular formula is C23H34N4O3. The Hall–Kier alpha value is -2.12. The molecule has 1 N–H and O–H groups in total. The Kier molecular flexibility index (Phi) is 7.23. The lowest BCUT2D eigenvalue weighted by Gasteiger charge is -2.35. The highest BCUT2D eigenvalue weighted by molar-refractivity contribution is 5.81. The molecule has 3 amide bonds. The average Bonchev–Trinajstić information content (AvgIpc) is 3.33. The third kappa shape index (κ3) is 5.52. The number of morpholine rings is 1. The van der Waals surface area contributed by atoms with E-state index in [1.165, 1.54) is 5.56 Å². The Balaban J connectivity index is 1.22. The van der Waals surface area contributed by atoms with E-state index in [0.717, 1.165) is 65.0 Å². The van der Waals surface area contributed by atoms with Gasteiger partial charge in [0.05, 0.1) is 18.6 Å². The first-order chi connectivity index (χ1) is 14.7. The summed E-state index contributed by atoms with van der Waals surface area (Å²) in [6.07, 6.45) is 3.93. The number of carbonyl (C=O) groups excluding carboxylic acids is 2. The number of rotatable bonds is 5. The number of benzene rings is 1. The zero-order chi connectivity index (χ0) is 20.8. The largest absolute Gasteiger partial charge is 0.374 e. The van der Waals surface area contributed by atoms with Crippen molar-refractivity contribution in [1.82, 2.24) is 20.0 Å². The molecule has 164 valence electrons. The number of likely N-dealkylation sites (tertiary alicyclic amines) is 2. The SMILES string of the molecule is O=C(NC[C@H]1CN(Cc2ccccc2)CCO1)[C@@H]1CCCN(C(=O)N2CCCC2)C1. The highest BCUT2D eigenvalue weighted by Gasteiger charge is 2.32. The zero-order valence-electron chi connectivity index (χ0n) is 17.8. The Morgan fingerprint density at radius 3 is 2.53 bits per heavy atom. The predicted octanol–water partition coefficient (Wildman–Crippen LogP) is 1.93. The molecule has 4 rings (SSSR count). The lowest BCUT2D eigenvalue weighted by Crippen LogP contribution is -2.51. The normalized spacial score (nSPS) is 25.3. The van der Waals surface area contributed by atoms with Crippen LogP contribution < -0.4 is 5.32 Å². The molecule has 0 unspecified atom stereocenters. The summed E-state index contributed by atoms with van der Waals surface area (Å²) in [7, 11) is 0. The van der Waals surface area contributed by atoms with Gasteiger partial charge in [0.15, 0.2) is 0 Å².